The van der Waals surface area contributed by atoms with E-state index in [-0.39, 0.29) is 0 Å². The molecule has 0 aliphatic rings. The van der Waals surface area contributed by atoms with Gasteiger partial charge in [0.25, 0.3) is 0 Å². The summed E-state index contributed by atoms with van der Waals surface area (Å²) in [5.74, 6) is 0.992. The molecule has 1 aromatic heterocycles. The molecule has 0 aromatic carbocycles. The lowest BCUT2D eigenvalue weighted by Gasteiger charge is -2.05. The summed E-state index contributed by atoms with van der Waals surface area (Å²) >= 11 is 0. The molecule has 2 N–H and O–H groups in total. The summed E-state index contributed by atoms with van der Waals surface area (Å²) in [6.45, 7) is 4.13. The summed E-state index contributed by atoms with van der Waals surface area (Å²) in [6.07, 6.45) is 3.22. The molecule has 1 aromatic rings. The number of nitrogens with zero attached hydrogens (tertiary/aromatic N) is 2. The topological polar surface area (TPSA) is 51.8 Å². The van der Waals surface area contributed by atoms with Gasteiger partial charge in [0.15, 0.2) is 0 Å². The standard InChI is InChI=1S/C7H11N3/c1-5(2)6-3-9-4-10-7(6)8/h3-5H,1-2H3,(H2,8,9,10). The first-order valence-corrected chi connectivity index (χ1v) is 3.27. The first kappa shape index (κ1) is 6.99. The predicted octanol–water partition coefficient (Wildman–Crippen LogP) is 1.18. The van der Waals surface area contributed by atoms with Crippen molar-refractivity contribution < 1.29 is 0 Å². The van der Waals surface area contributed by atoms with Gasteiger partial charge in [0.1, 0.15) is 12.1 Å². The Morgan fingerprint density at radius 1 is 1.50 bits per heavy atom. The summed E-state index contributed by atoms with van der Waals surface area (Å²) in [4.78, 5) is 7.74. The van der Waals surface area contributed by atoms with Gasteiger partial charge in [-0.3, -0.25) is 0 Å². The molecule has 0 amide bonds. The SMILES string of the molecule is CC(C)c1cncnc1N. The summed E-state index contributed by atoms with van der Waals surface area (Å²) in [6, 6.07) is 0. The lowest BCUT2D eigenvalue weighted by Crippen LogP contribution is -1.99. The van der Waals surface area contributed by atoms with E-state index >= 15 is 0 Å². The van der Waals surface area contributed by atoms with Crippen LogP contribution in [-0.4, -0.2) is 9.97 Å². The van der Waals surface area contributed by atoms with Gasteiger partial charge in [0.05, 0.1) is 0 Å². The van der Waals surface area contributed by atoms with E-state index in [4.69, 9.17) is 5.73 Å². The Balaban J connectivity index is 3.03. The lowest BCUT2D eigenvalue weighted by molar-refractivity contribution is 0.851. The second-order valence-corrected chi connectivity index (χ2v) is 2.52. The van der Waals surface area contributed by atoms with Crippen LogP contribution in [0, 0.1) is 0 Å². The molecule has 0 aliphatic heterocycles. The second-order valence-electron chi connectivity index (χ2n) is 2.52. The van der Waals surface area contributed by atoms with Gasteiger partial charge in [-0.25, -0.2) is 9.97 Å². The third-order valence-corrected chi connectivity index (χ3v) is 1.39. The molecule has 10 heavy (non-hydrogen) atoms. The van der Waals surface area contributed by atoms with Crippen molar-refractivity contribution in [3.05, 3.63) is 18.1 Å². The fourth-order valence-electron chi connectivity index (χ4n) is 0.795. The second kappa shape index (κ2) is 2.64. The van der Waals surface area contributed by atoms with Gasteiger partial charge in [0, 0.05) is 11.8 Å². The molecule has 0 radical (unpaired) electrons. The zero-order valence-corrected chi connectivity index (χ0v) is 6.20. The maximum atomic E-state index is 5.57. The van der Waals surface area contributed by atoms with Crippen LogP contribution in [0.25, 0.3) is 0 Å². The molecule has 3 heteroatoms. The first-order valence-electron chi connectivity index (χ1n) is 3.27. The molecule has 3 nitrogen and oxygen atoms in total. The molecule has 0 saturated heterocycles. The Kier molecular flexibility index (Phi) is 1.85. The highest BCUT2D eigenvalue weighted by Gasteiger charge is 2.02. The largest absolute Gasteiger partial charge is 0.383 e. The molecule has 0 saturated carbocycles. The van der Waals surface area contributed by atoms with Crippen LogP contribution in [0.1, 0.15) is 25.3 Å². The summed E-state index contributed by atoms with van der Waals surface area (Å²) in [5.41, 5.74) is 6.59. The number of hydrogen-bond donors (Lipinski definition) is 1. The van der Waals surface area contributed by atoms with Crippen LogP contribution in [0.2, 0.25) is 0 Å². The van der Waals surface area contributed by atoms with Gasteiger partial charge in [-0.1, -0.05) is 13.8 Å². The Bertz CT molecular complexity index is 220. The van der Waals surface area contributed by atoms with Crippen LogP contribution in [-0.2, 0) is 0 Å². The zero-order valence-electron chi connectivity index (χ0n) is 6.20. The number of hydrogen-bond acceptors (Lipinski definition) is 3. The van der Waals surface area contributed by atoms with E-state index in [0.29, 0.717) is 11.7 Å². The molecule has 0 unspecified atom stereocenters. The van der Waals surface area contributed by atoms with E-state index in [1.807, 2.05) is 0 Å². The Labute approximate surface area is 60.3 Å². The highest BCUT2D eigenvalue weighted by atomic mass is 14.9. The van der Waals surface area contributed by atoms with E-state index in [1.54, 1.807) is 6.20 Å². The average Bonchev–Trinajstić information content (AvgIpc) is 1.88. The van der Waals surface area contributed by atoms with Crippen molar-refractivity contribution in [1.29, 1.82) is 0 Å². The minimum atomic E-state index is 0.404. The van der Waals surface area contributed by atoms with Gasteiger partial charge in [-0.2, -0.15) is 0 Å². The Morgan fingerprint density at radius 3 is 2.60 bits per heavy atom. The molecular weight excluding hydrogens is 126 g/mol. The van der Waals surface area contributed by atoms with Crippen molar-refractivity contribution in [2.75, 3.05) is 5.73 Å². The molecule has 0 fully saturated rings. The molecule has 0 bridgehead atoms. The predicted molar refractivity (Wildman–Crippen MR) is 40.5 cm³/mol. The fourth-order valence-corrected chi connectivity index (χ4v) is 0.795. The summed E-state index contributed by atoms with van der Waals surface area (Å²) in [5, 5.41) is 0. The van der Waals surface area contributed by atoms with Crippen molar-refractivity contribution in [3.63, 3.8) is 0 Å². The number of anilines is 1. The molecule has 0 atom stereocenters. The maximum absolute atomic E-state index is 5.57. The number of nitrogens with two attached hydrogens (primary N) is 1. The van der Waals surface area contributed by atoms with E-state index in [0.717, 1.165) is 5.56 Å². The first-order chi connectivity index (χ1) is 4.72. The van der Waals surface area contributed by atoms with Crippen LogP contribution in [0.5, 0.6) is 0 Å². The van der Waals surface area contributed by atoms with E-state index in [1.165, 1.54) is 6.33 Å². The smallest absolute Gasteiger partial charge is 0.130 e. The van der Waals surface area contributed by atoms with Crippen molar-refractivity contribution in [1.82, 2.24) is 9.97 Å². The Morgan fingerprint density at radius 2 is 2.20 bits per heavy atom. The van der Waals surface area contributed by atoms with Crippen molar-refractivity contribution in [3.8, 4) is 0 Å². The molecule has 0 aliphatic carbocycles. The molecule has 1 heterocycles. The quantitative estimate of drug-likeness (QED) is 0.632. The van der Waals surface area contributed by atoms with Gasteiger partial charge >= 0.3 is 0 Å². The van der Waals surface area contributed by atoms with Crippen LogP contribution in [0.3, 0.4) is 0 Å². The lowest BCUT2D eigenvalue weighted by atomic mass is 10.1. The minimum absolute atomic E-state index is 0.404. The van der Waals surface area contributed by atoms with Gasteiger partial charge in [0.2, 0.25) is 0 Å². The summed E-state index contributed by atoms with van der Waals surface area (Å²) in [7, 11) is 0. The fraction of sp³-hybridized carbons (Fsp3) is 0.429. The van der Waals surface area contributed by atoms with Gasteiger partial charge in [-0.15, -0.1) is 0 Å². The van der Waals surface area contributed by atoms with E-state index in [9.17, 15) is 0 Å². The summed E-state index contributed by atoms with van der Waals surface area (Å²) < 4.78 is 0. The monoisotopic (exact) mass is 137 g/mol. The Hall–Kier alpha value is -1.12. The average molecular weight is 137 g/mol. The maximum Gasteiger partial charge on any atom is 0.130 e. The molecule has 1 rings (SSSR count). The van der Waals surface area contributed by atoms with Crippen LogP contribution in [0.4, 0.5) is 5.82 Å². The highest BCUT2D eigenvalue weighted by Crippen LogP contribution is 2.16. The van der Waals surface area contributed by atoms with Crippen LogP contribution >= 0.6 is 0 Å². The highest BCUT2D eigenvalue weighted by molar-refractivity contribution is 5.38. The molecular formula is C7H11N3. The number of aromatic nitrogens is 2. The van der Waals surface area contributed by atoms with Gasteiger partial charge in [-0.05, 0) is 5.92 Å². The molecule has 54 valence electrons. The number of nitrogen functional groups attached to an aromatic ring is 1. The van der Waals surface area contributed by atoms with E-state index < -0.39 is 0 Å². The van der Waals surface area contributed by atoms with Crippen LogP contribution < -0.4 is 5.73 Å². The van der Waals surface area contributed by atoms with Crippen LogP contribution in [0.15, 0.2) is 12.5 Å². The number of rotatable bonds is 1. The third kappa shape index (κ3) is 1.23. The van der Waals surface area contributed by atoms with Crippen molar-refractivity contribution in [2.24, 2.45) is 0 Å². The molecule has 0 spiro atoms. The zero-order chi connectivity index (χ0) is 7.56. The van der Waals surface area contributed by atoms with Crippen molar-refractivity contribution >= 4 is 5.82 Å². The van der Waals surface area contributed by atoms with E-state index in [2.05, 4.69) is 23.8 Å². The van der Waals surface area contributed by atoms with Gasteiger partial charge < -0.3 is 5.73 Å². The third-order valence-electron chi connectivity index (χ3n) is 1.39. The minimum Gasteiger partial charge on any atom is -0.383 e. The normalized spacial score (nSPS) is 10.3. The van der Waals surface area contributed by atoms with Crippen molar-refractivity contribution in [2.45, 2.75) is 19.8 Å².